The molecule has 0 saturated heterocycles. The largest absolute Gasteiger partial charge is 0.385 e. The molecule has 0 heterocycles. The molecule has 0 bridgehead atoms. The van der Waals surface area contributed by atoms with E-state index in [-0.39, 0.29) is 0 Å². The molecule has 2 nitrogen and oxygen atoms in total. The average Bonchev–Trinajstić information content (AvgIpc) is 2.43. The van der Waals surface area contributed by atoms with Crippen LogP contribution in [0.25, 0.3) is 0 Å². The van der Waals surface area contributed by atoms with E-state index in [4.69, 9.17) is 4.74 Å². The average molecular weight is 328 g/mol. The second kappa shape index (κ2) is 10.4. The minimum absolute atomic E-state index is 0.608. The third-order valence-corrected chi connectivity index (χ3v) is 3.84. The van der Waals surface area contributed by atoms with Crippen LogP contribution in [0.4, 0.5) is 0 Å². The zero-order chi connectivity index (χ0) is 13.9. The molecule has 1 N–H and O–H groups in total. The summed E-state index contributed by atoms with van der Waals surface area (Å²) >= 11 is 3.50. The monoisotopic (exact) mass is 327 g/mol. The Balaban J connectivity index is 2.49. The fourth-order valence-corrected chi connectivity index (χ4v) is 2.48. The molecule has 1 aromatic carbocycles. The van der Waals surface area contributed by atoms with Crippen molar-refractivity contribution in [2.75, 3.05) is 26.8 Å². The Morgan fingerprint density at radius 1 is 1.21 bits per heavy atom. The minimum atomic E-state index is 0.608. The summed E-state index contributed by atoms with van der Waals surface area (Å²) < 4.78 is 6.27. The normalized spacial score (nSPS) is 12.6. The van der Waals surface area contributed by atoms with Crippen LogP contribution in [0.1, 0.15) is 44.1 Å². The smallest absolute Gasteiger partial charge is 0.0462 e. The Labute approximate surface area is 126 Å². The Morgan fingerprint density at radius 3 is 2.58 bits per heavy atom. The van der Waals surface area contributed by atoms with Gasteiger partial charge >= 0.3 is 0 Å². The van der Waals surface area contributed by atoms with Crippen LogP contribution in [-0.2, 0) is 4.74 Å². The first kappa shape index (κ1) is 16.7. The molecule has 0 saturated carbocycles. The van der Waals surface area contributed by atoms with Crippen molar-refractivity contribution >= 4 is 15.9 Å². The second-order valence-corrected chi connectivity index (χ2v) is 5.86. The summed E-state index contributed by atoms with van der Waals surface area (Å²) in [6.07, 6.45) is 4.79. The van der Waals surface area contributed by atoms with E-state index in [1.165, 1.54) is 24.8 Å². The first-order valence-electron chi connectivity index (χ1n) is 7.23. The highest BCUT2D eigenvalue weighted by atomic mass is 79.9. The van der Waals surface area contributed by atoms with Crippen LogP contribution < -0.4 is 5.32 Å². The number of halogens is 1. The van der Waals surface area contributed by atoms with E-state index in [2.05, 4.69) is 52.4 Å². The maximum Gasteiger partial charge on any atom is 0.0462 e. The lowest BCUT2D eigenvalue weighted by Gasteiger charge is -2.18. The van der Waals surface area contributed by atoms with E-state index in [0.717, 1.165) is 30.6 Å². The fraction of sp³-hybridized carbons (Fsp3) is 0.625. The Morgan fingerprint density at radius 2 is 1.95 bits per heavy atom. The van der Waals surface area contributed by atoms with Gasteiger partial charge in [0.25, 0.3) is 0 Å². The van der Waals surface area contributed by atoms with Gasteiger partial charge in [0, 0.05) is 24.7 Å². The van der Waals surface area contributed by atoms with Gasteiger partial charge in [-0.3, -0.25) is 0 Å². The van der Waals surface area contributed by atoms with Gasteiger partial charge in [0.05, 0.1) is 0 Å². The van der Waals surface area contributed by atoms with Gasteiger partial charge in [0.2, 0.25) is 0 Å². The highest BCUT2D eigenvalue weighted by Gasteiger charge is 2.10. The lowest BCUT2D eigenvalue weighted by Crippen LogP contribution is -2.22. The standard InChI is InChI=1S/C16H26BrNO/c1-3-11-18-13-15(6-4-5-12-19-2)14-7-9-16(17)10-8-14/h7-10,15,18H,3-6,11-13H2,1-2H3. The van der Waals surface area contributed by atoms with Crippen LogP contribution in [0.3, 0.4) is 0 Å². The van der Waals surface area contributed by atoms with Gasteiger partial charge in [-0.2, -0.15) is 0 Å². The first-order chi connectivity index (χ1) is 9.27. The zero-order valence-electron chi connectivity index (χ0n) is 12.1. The maximum absolute atomic E-state index is 5.12. The second-order valence-electron chi connectivity index (χ2n) is 4.94. The van der Waals surface area contributed by atoms with Crippen molar-refractivity contribution in [2.45, 2.75) is 38.5 Å². The van der Waals surface area contributed by atoms with Crippen molar-refractivity contribution in [3.8, 4) is 0 Å². The summed E-state index contributed by atoms with van der Waals surface area (Å²) in [7, 11) is 1.77. The predicted molar refractivity (Wildman–Crippen MR) is 85.8 cm³/mol. The number of hydrogen-bond donors (Lipinski definition) is 1. The van der Waals surface area contributed by atoms with E-state index in [9.17, 15) is 0 Å². The van der Waals surface area contributed by atoms with Crippen LogP contribution in [-0.4, -0.2) is 26.8 Å². The molecule has 0 aromatic heterocycles. The lowest BCUT2D eigenvalue weighted by atomic mass is 9.93. The van der Waals surface area contributed by atoms with Crippen LogP contribution in [0.15, 0.2) is 28.7 Å². The van der Waals surface area contributed by atoms with Gasteiger partial charge in [0.1, 0.15) is 0 Å². The Kier molecular flexibility index (Phi) is 9.14. The highest BCUT2D eigenvalue weighted by molar-refractivity contribution is 9.10. The molecule has 1 rings (SSSR count). The molecule has 0 aliphatic heterocycles. The summed E-state index contributed by atoms with van der Waals surface area (Å²) in [6, 6.07) is 8.74. The SMILES string of the molecule is CCCNCC(CCCCOC)c1ccc(Br)cc1. The van der Waals surface area contributed by atoms with E-state index < -0.39 is 0 Å². The summed E-state index contributed by atoms with van der Waals surface area (Å²) in [5, 5.41) is 3.55. The summed E-state index contributed by atoms with van der Waals surface area (Å²) in [6.45, 7) is 5.25. The number of methoxy groups -OCH3 is 1. The number of rotatable bonds is 10. The summed E-state index contributed by atoms with van der Waals surface area (Å²) in [5.41, 5.74) is 1.43. The number of hydrogen-bond acceptors (Lipinski definition) is 2. The molecule has 1 aromatic rings. The third-order valence-electron chi connectivity index (χ3n) is 3.31. The first-order valence-corrected chi connectivity index (χ1v) is 8.02. The third kappa shape index (κ3) is 7.09. The Hall–Kier alpha value is -0.380. The van der Waals surface area contributed by atoms with Crippen LogP contribution >= 0.6 is 15.9 Å². The van der Waals surface area contributed by atoms with Crippen molar-refractivity contribution in [1.82, 2.24) is 5.32 Å². The zero-order valence-corrected chi connectivity index (χ0v) is 13.7. The molecule has 0 radical (unpaired) electrons. The predicted octanol–water partition coefficient (Wildman–Crippen LogP) is 4.35. The highest BCUT2D eigenvalue weighted by Crippen LogP contribution is 2.23. The number of ether oxygens (including phenoxy) is 1. The number of benzene rings is 1. The molecule has 0 fully saturated rings. The van der Waals surface area contributed by atoms with Gasteiger partial charge < -0.3 is 10.1 Å². The maximum atomic E-state index is 5.12. The lowest BCUT2D eigenvalue weighted by molar-refractivity contribution is 0.191. The molecule has 1 unspecified atom stereocenters. The molecule has 3 heteroatoms. The summed E-state index contributed by atoms with van der Waals surface area (Å²) in [4.78, 5) is 0. The van der Waals surface area contributed by atoms with Gasteiger partial charge in [-0.15, -0.1) is 0 Å². The minimum Gasteiger partial charge on any atom is -0.385 e. The Bertz CT molecular complexity index is 326. The van der Waals surface area contributed by atoms with Crippen molar-refractivity contribution < 1.29 is 4.74 Å². The van der Waals surface area contributed by atoms with E-state index in [1.807, 2.05) is 0 Å². The van der Waals surface area contributed by atoms with Crippen molar-refractivity contribution in [3.05, 3.63) is 34.3 Å². The van der Waals surface area contributed by atoms with Crippen molar-refractivity contribution in [3.63, 3.8) is 0 Å². The number of unbranched alkanes of at least 4 members (excludes halogenated alkanes) is 1. The molecule has 0 amide bonds. The summed E-state index contributed by atoms with van der Waals surface area (Å²) in [5.74, 6) is 0.608. The van der Waals surface area contributed by atoms with Crippen LogP contribution in [0.2, 0.25) is 0 Å². The molecule has 19 heavy (non-hydrogen) atoms. The quantitative estimate of drug-likeness (QED) is 0.645. The van der Waals surface area contributed by atoms with Crippen LogP contribution in [0, 0.1) is 0 Å². The van der Waals surface area contributed by atoms with Gasteiger partial charge in [-0.05, 0) is 49.4 Å². The molecular formula is C16H26BrNO. The van der Waals surface area contributed by atoms with Crippen LogP contribution in [0.5, 0.6) is 0 Å². The topological polar surface area (TPSA) is 21.3 Å². The van der Waals surface area contributed by atoms with Gasteiger partial charge in [-0.25, -0.2) is 0 Å². The molecule has 0 spiro atoms. The van der Waals surface area contributed by atoms with Crippen molar-refractivity contribution in [2.24, 2.45) is 0 Å². The van der Waals surface area contributed by atoms with Gasteiger partial charge in [-0.1, -0.05) is 41.4 Å². The molecule has 1 atom stereocenters. The molecular weight excluding hydrogens is 302 g/mol. The van der Waals surface area contributed by atoms with E-state index in [1.54, 1.807) is 7.11 Å². The van der Waals surface area contributed by atoms with E-state index >= 15 is 0 Å². The molecule has 108 valence electrons. The number of nitrogens with one attached hydrogen (secondary N) is 1. The fourth-order valence-electron chi connectivity index (χ4n) is 2.21. The van der Waals surface area contributed by atoms with E-state index in [0.29, 0.717) is 5.92 Å². The van der Waals surface area contributed by atoms with Crippen molar-refractivity contribution in [1.29, 1.82) is 0 Å². The molecule has 0 aliphatic carbocycles. The van der Waals surface area contributed by atoms with Gasteiger partial charge in [0.15, 0.2) is 0 Å². The molecule has 0 aliphatic rings.